The van der Waals surface area contributed by atoms with E-state index in [-0.39, 0.29) is 60.3 Å². The summed E-state index contributed by atoms with van der Waals surface area (Å²) in [5.74, 6) is 0.613. The van der Waals surface area contributed by atoms with E-state index in [0.717, 1.165) is 44.9 Å². The first kappa shape index (κ1) is 62.2. The number of nitrogens with zero attached hydrogens (tertiary/aromatic N) is 6. The van der Waals surface area contributed by atoms with E-state index in [2.05, 4.69) is 161 Å². The molecular formula is C63H63Ir3N6Si3-3. The minimum Gasteiger partial charge on any atom is -0.305 e. The van der Waals surface area contributed by atoms with E-state index in [9.17, 15) is 0 Å². The Hall–Kier alpha value is -5.38. The van der Waals surface area contributed by atoms with Crippen molar-refractivity contribution in [3.05, 3.63) is 193 Å². The molecule has 0 N–H and O–H groups in total. The first-order valence-corrected chi connectivity index (χ1v) is 35.4. The molecule has 1 saturated carbocycles. The number of rotatable bonds is 9. The molecule has 0 atom stereocenters. The Morgan fingerprint density at radius 1 is 0.453 bits per heavy atom. The maximum atomic E-state index is 9.00. The predicted octanol–water partition coefficient (Wildman–Crippen LogP) is 14.3. The monoisotopic (exact) mass is 1570 g/mol. The van der Waals surface area contributed by atoms with E-state index in [1.54, 1.807) is 18.2 Å². The summed E-state index contributed by atoms with van der Waals surface area (Å²) >= 11 is 0. The summed E-state index contributed by atoms with van der Waals surface area (Å²) < 4.78 is 0. The number of benzene rings is 5. The molecule has 1 fully saturated rings. The fourth-order valence-corrected chi connectivity index (χ4v) is 12.3. The van der Waals surface area contributed by atoms with Gasteiger partial charge in [-0.3, -0.25) is 0 Å². The third kappa shape index (κ3) is 16.6. The number of aromatic nitrogens is 3. The van der Waals surface area contributed by atoms with E-state index in [1.807, 2.05) is 73.1 Å². The largest absolute Gasteiger partial charge is 0.305 e. The van der Waals surface area contributed by atoms with Gasteiger partial charge >= 0.3 is 0 Å². The van der Waals surface area contributed by atoms with Crippen LogP contribution in [-0.2, 0) is 60.3 Å². The summed E-state index contributed by atoms with van der Waals surface area (Å²) in [6.07, 6.45) is 12.6. The second-order valence-corrected chi connectivity index (χ2v) is 36.7. The van der Waals surface area contributed by atoms with Crippen LogP contribution >= 0.6 is 0 Å². The molecular weight excluding hydrogens is 1500 g/mol. The first-order chi connectivity index (χ1) is 34.5. The first-order valence-electron chi connectivity index (χ1n) is 24.9. The van der Waals surface area contributed by atoms with Gasteiger partial charge in [-0.15, -0.1) is 89.5 Å². The van der Waals surface area contributed by atoms with Crippen LogP contribution in [0.4, 0.5) is 0 Å². The maximum Gasteiger partial charge on any atom is 0.0803 e. The standard InChI is InChI=1S/C21H19N2Si.C21H25N2Si.C21H19N2Si.3Ir/c1-24(2,3)21-15-23-20(18-11-9-16(14-22)10-12-18)13-19(21)17-7-5-4-6-8-17;2*1-24(2,3)19-13-20(17-7-5-4-6-8-17)21(23-15-19)18-11-9-16(14-22)10-12-18;;;/h4-11,13,15H,1-3H3;9-11,13,15,17H,4-8H2,1-3H3;4-11,13,15H,1-3H3;;;/q3*-1;;;. The number of hydrogen-bond acceptors (Lipinski definition) is 6. The quantitative estimate of drug-likeness (QED) is 0.105. The molecule has 3 radical (unpaired) electrons. The third-order valence-corrected chi connectivity index (χ3v) is 19.1. The second kappa shape index (κ2) is 28.1. The fourth-order valence-electron chi connectivity index (χ4n) is 8.76. The molecule has 5 aromatic carbocycles. The number of hydrogen-bond donors (Lipinski definition) is 0. The molecule has 0 amide bonds. The summed E-state index contributed by atoms with van der Waals surface area (Å²) in [6, 6.07) is 60.2. The van der Waals surface area contributed by atoms with Gasteiger partial charge in [0.2, 0.25) is 0 Å². The van der Waals surface area contributed by atoms with E-state index in [4.69, 9.17) is 25.8 Å². The van der Waals surface area contributed by atoms with E-state index in [0.29, 0.717) is 22.6 Å². The summed E-state index contributed by atoms with van der Waals surface area (Å²) in [5, 5.41) is 31.0. The van der Waals surface area contributed by atoms with Crippen LogP contribution in [0, 0.1) is 52.2 Å². The van der Waals surface area contributed by atoms with Crippen molar-refractivity contribution in [2.75, 3.05) is 0 Å². The van der Waals surface area contributed by atoms with Crippen molar-refractivity contribution in [1.29, 1.82) is 15.8 Å². The summed E-state index contributed by atoms with van der Waals surface area (Å²) in [6.45, 7) is 21.1. The van der Waals surface area contributed by atoms with Gasteiger partial charge in [0.05, 0.1) is 24.2 Å². The molecule has 0 spiro atoms. The molecule has 387 valence electrons. The summed E-state index contributed by atoms with van der Waals surface area (Å²) in [4.78, 5) is 14.3. The molecule has 9 rings (SSSR count). The van der Waals surface area contributed by atoms with Crippen LogP contribution < -0.4 is 15.6 Å². The van der Waals surface area contributed by atoms with Crippen LogP contribution in [0.3, 0.4) is 0 Å². The Morgan fingerprint density at radius 3 is 1.33 bits per heavy atom. The van der Waals surface area contributed by atoms with Crippen molar-refractivity contribution in [3.63, 3.8) is 0 Å². The fraction of sp³-hybridized carbons (Fsp3) is 0.238. The van der Waals surface area contributed by atoms with Gasteiger partial charge in [0.15, 0.2) is 0 Å². The number of pyridine rings is 3. The zero-order valence-corrected chi connectivity index (χ0v) is 54.4. The number of nitriles is 3. The third-order valence-electron chi connectivity index (χ3n) is 13.1. The van der Waals surface area contributed by atoms with Gasteiger partial charge in [-0.05, 0) is 90.3 Å². The molecule has 0 unspecified atom stereocenters. The van der Waals surface area contributed by atoms with Crippen LogP contribution in [-0.4, -0.2) is 39.2 Å². The van der Waals surface area contributed by atoms with Crippen LogP contribution in [0.1, 0.15) is 60.3 Å². The van der Waals surface area contributed by atoms with Crippen LogP contribution in [0.15, 0.2) is 152 Å². The molecule has 8 aromatic rings. The van der Waals surface area contributed by atoms with Crippen LogP contribution in [0.25, 0.3) is 56.0 Å². The van der Waals surface area contributed by atoms with Gasteiger partial charge in [-0.1, -0.05) is 163 Å². The molecule has 3 heterocycles. The van der Waals surface area contributed by atoms with Gasteiger partial charge < -0.3 is 15.0 Å². The molecule has 12 heteroatoms. The summed E-state index contributed by atoms with van der Waals surface area (Å²) in [5.41, 5.74) is 13.7. The SMILES string of the molecule is C[Si](C)(C)c1cnc(-c2[c-]cc(C#N)cc2)c(-c2ccccc2)c1.C[Si](C)(C)c1cnc(-c2[c-]cc(C#N)cc2)c(C2CCCCC2)c1.C[Si](C)(C)c1cnc(-c2[c-]cc(C#N)cc2)cc1-c1ccccc1.[Ir].[Ir].[Ir]. The molecule has 0 saturated heterocycles. The molecule has 1 aliphatic rings. The Kier molecular flexibility index (Phi) is 23.3. The normalized spacial score (nSPS) is 12.2. The Bertz CT molecular complexity index is 3230. The van der Waals surface area contributed by atoms with E-state index < -0.39 is 24.2 Å². The molecule has 0 aliphatic heterocycles. The van der Waals surface area contributed by atoms with Gasteiger partial charge in [0.1, 0.15) is 0 Å². The van der Waals surface area contributed by atoms with Gasteiger partial charge in [0, 0.05) is 97.1 Å². The summed E-state index contributed by atoms with van der Waals surface area (Å²) in [7, 11) is -4.35. The van der Waals surface area contributed by atoms with Crippen LogP contribution in [0.2, 0.25) is 58.9 Å². The van der Waals surface area contributed by atoms with Crippen molar-refractivity contribution in [1.82, 2.24) is 15.0 Å². The topological polar surface area (TPSA) is 110 Å². The van der Waals surface area contributed by atoms with Crippen molar-refractivity contribution in [2.45, 2.75) is 96.9 Å². The molecule has 1 aliphatic carbocycles. The van der Waals surface area contributed by atoms with Crippen LogP contribution in [0.5, 0.6) is 0 Å². The minimum atomic E-state index is -1.52. The van der Waals surface area contributed by atoms with Crippen molar-refractivity contribution in [3.8, 4) is 74.2 Å². The van der Waals surface area contributed by atoms with Gasteiger partial charge in [-0.2, -0.15) is 0 Å². The maximum absolute atomic E-state index is 9.00. The molecule has 0 bridgehead atoms. The molecule has 75 heavy (non-hydrogen) atoms. The van der Waals surface area contributed by atoms with Crippen molar-refractivity contribution in [2.24, 2.45) is 0 Å². The van der Waals surface area contributed by atoms with E-state index in [1.165, 1.54) is 64.4 Å². The Balaban J connectivity index is 0.000000239. The van der Waals surface area contributed by atoms with Gasteiger partial charge in [-0.25, -0.2) is 15.8 Å². The molecule has 6 nitrogen and oxygen atoms in total. The zero-order valence-electron chi connectivity index (χ0n) is 44.2. The molecule has 3 aromatic heterocycles. The second-order valence-electron chi connectivity index (χ2n) is 21.5. The van der Waals surface area contributed by atoms with Crippen molar-refractivity contribution < 1.29 is 60.3 Å². The van der Waals surface area contributed by atoms with Crippen molar-refractivity contribution >= 4 is 39.8 Å². The predicted molar refractivity (Wildman–Crippen MR) is 305 cm³/mol. The Labute approximate surface area is 490 Å². The zero-order chi connectivity index (χ0) is 51.5. The Morgan fingerprint density at radius 2 is 0.893 bits per heavy atom. The van der Waals surface area contributed by atoms with E-state index >= 15 is 0 Å². The average Bonchev–Trinajstić information content (AvgIpc) is 3.41. The van der Waals surface area contributed by atoms with Gasteiger partial charge in [0.25, 0.3) is 0 Å². The minimum absolute atomic E-state index is 0. The smallest absolute Gasteiger partial charge is 0.0803 e. The average molecular weight is 1570 g/mol.